The Balaban J connectivity index is 1.92. The van der Waals surface area contributed by atoms with Crippen molar-refractivity contribution >= 4 is 22.8 Å². The molecule has 0 spiro atoms. The van der Waals surface area contributed by atoms with Crippen LogP contribution in [0.2, 0.25) is 0 Å². The van der Waals surface area contributed by atoms with Gasteiger partial charge in [-0.2, -0.15) is 0 Å². The predicted molar refractivity (Wildman–Crippen MR) is 136 cm³/mol. The van der Waals surface area contributed by atoms with E-state index in [4.69, 9.17) is 4.74 Å². The highest BCUT2D eigenvalue weighted by Crippen LogP contribution is 2.33. The zero-order chi connectivity index (χ0) is 25.9. The van der Waals surface area contributed by atoms with Gasteiger partial charge in [0.15, 0.2) is 0 Å². The summed E-state index contributed by atoms with van der Waals surface area (Å²) in [4.78, 5) is 30.5. The summed E-state index contributed by atoms with van der Waals surface area (Å²) in [7, 11) is 1.92. The number of ether oxygens (including phenoxy) is 1. The number of fused-ring (bicyclic) bond motifs is 1. The largest absolute Gasteiger partial charge is 0.457 e. The Morgan fingerprint density at radius 1 is 1.17 bits per heavy atom. The molecule has 35 heavy (non-hydrogen) atoms. The maximum atomic E-state index is 13.2. The van der Waals surface area contributed by atoms with Crippen LogP contribution in [0.4, 0.5) is 0 Å². The van der Waals surface area contributed by atoms with Gasteiger partial charge in [-0.1, -0.05) is 45.4 Å². The fraction of sp³-hybridized carbons (Fsp3) is 0.607. The molecule has 1 aromatic heterocycles. The second kappa shape index (κ2) is 11.0. The van der Waals surface area contributed by atoms with Gasteiger partial charge in [-0.15, -0.1) is 0 Å². The summed E-state index contributed by atoms with van der Waals surface area (Å²) in [5.74, 6) is -1.51. The molecule has 0 fully saturated rings. The van der Waals surface area contributed by atoms with E-state index in [9.17, 15) is 19.8 Å². The topological polar surface area (TPSA) is 102 Å². The fourth-order valence-electron chi connectivity index (χ4n) is 4.90. The van der Waals surface area contributed by atoms with Crippen molar-refractivity contribution in [3.8, 4) is 0 Å². The highest BCUT2D eigenvalue weighted by atomic mass is 16.5. The van der Waals surface area contributed by atoms with Gasteiger partial charge in [0.05, 0.1) is 41.4 Å². The van der Waals surface area contributed by atoms with Crippen molar-refractivity contribution in [1.82, 2.24) is 9.55 Å². The highest BCUT2D eigenvalue weighted by Gasteiger charge is 2.42. The molecule has 2 heterocycles. The smallest absolute Gasteiger partial charge is 0.309 e. The zero-order valence-corrected chi connectivity index (χ0v) is 21.8. The number of aliphatic hydroxyl groups is 2. The van der Waals surface area contributed by atoms with Gasteiger partial charge in [-0.25, -0.2) is 4.98 Å². The van der Waals surface area contributed by atoms with Crippen molar-refractivity contribution in [2.24, 2.45) is 24.3 Å². The normalized spacial score (nSPS) is 29.6. The number of nitrogens with zero attached hydrogens (tertiary/aromatic N) is 2. The lowest BCUT2D eigenvalue weighted by Gasteiger charge is -2.34. The van der Waals surface area contributed by atoms with Gasteiger partial charge in [0.2, 0.25) is 0 Å². The molecule has 1 aliphatic heterocycles. The van der Waals surface area contributed by atoms with Crippen molar-refractivity contribution in [3.05, 3.63) is 41.7 Å². The minimum atomic E-state index is -1.22. The lowest BCUT2D eigenvalue weighted by Crippen LogP contribution is -2.45. The van der Waals surface area contributed by atoms with Crippen molar-refractivity contribution in [1.29, 1.82) is 0 Å². The third-order valence-corrected chi connectivity index (χ3v) is 7.64. The molecule has 0 radical (unpaired) electrons. The number of carbonyl (C=O) groups is 2. The van der Waals surface area contributed by atoms with Crippen LogP contribution in [-0.4, -0.2) is 43.7 Å². The molecule has 7 heteroatoms. The molecule has 7 nitrogen and oxygen atoms in total. The second-order valence-electron chi connectivity index (χ2n) is 10.8. The molecule has 1 aromatic carbocycles. The van der Waals surface area contributed by atoms with Gasteiger partial charge < -0.3 is 19.5 Å². The van der Waals surface area contributed by atoms with Crippen LogP contribution in [-0.2, 0) is 21.4 Å². The number of aromatic nitrogens is 2. The summed E-state index contributed by atoms with van der Waals surface area (Å²) in [5, 5.41) is 21.7. The molecule has 0 aliphatic carbocycles. The maximum Gasteiger partial charge on any atom is 0.309 e. The average Bonchev–Trinajstić information content (AvgIpc) is 3.19. The Morgan fingerprint density at radius 3 is 2.60 bits per heavy atom. The van der Waals surface area contributed by atoms with E-state index in [-0.39, 0.29) is 18.1 Å². The van der Waals surface area contributed by atoms with E-state index < -0.39 is 35.6 Å². The number of aryl methyl sites for hydroxylation is 1. The molecule has 192 valence electrons. The molecule has 0 bridgehead atoms. The third-order valence-electron chi connectivity index (χ3n) is 7.64. The molecule has 1 aliphatic rings. The number of Topliss-reactive ketones (excluding diaryl/α,β-unsaturated/α-hetero) is 1. The highest BCUT2D eigenvalue weighted by molar-refractivity contribution is 5.88. The zero-order valence-electron chi connectivity index (χ0n) is 21.8. The van der Waals surface area contributed by atoms with Crippen LogP contribution in [0.5, 0.6) is 0 Å². The number of imidazole rings is 1. The number of carbonyl (C=O) groups excluding carboxylic acids is 2. The van der Waals surface area contributed by atoms with E-state index in [1.807, 2.05) is 36.7 Å². The number of allylic oxidation sites excluding steroid dienone is 1. The van der Waals surface area contributed by atoms with Gasteiger partial charge in [0.1, 0.15) is 11.9 Å². The summed E-state index contributed by atoms with van der Waals surface area (Å²) in [6.45, 7) is 8.98. The van der Waals surface area contributed by atoms with Gasteiger partial charge in [0, 0.05) is 19.4 Å². The van der Waals surface area contributed by atoms with Crippen LogP contribution in [0.3, 0.4) is 0 Å². The van der Waals surface area contributed by atoms with E-state index in [0.29, 0.717) is 6.42 Å². The van der Waals surface area contributed by atoms with Crippen LogP contribution in [0.15, 0.2) is 36.2 Å². The van der Waals surface area contributed by atoms with Crippen LogP contribution in [0.25, 0.3) is 11.0 Å². The standard InChI is InChI=1S/C28H40N2O5/c1-17-8-7-9-18(2)26(33)19(3)27(34)28(4,5)24(31)15-25(32)35-23(13-10-17)20-11-12-21-22(14-20)30(6)16-29-21/h10-12,14,16,18-19,23-24,26,31,33H,7-9,13,15H2,1-6H3/t18?,19?,23-,24?,26-/m0/s1. The van der Waals surface area contributed by atoms with E-state index in [2.05, 4.69) is 18.0 Å². The molecule has 0 amide bonds. The average molecular weight is 485 g/mol. The number of ketones is 1. The fourth-order valence-corrected chi connectivity index (χ4v) is 4.90. The van der Waals surface area contributed by atoms with Gasteiger partial charge >= 0.3 is 5.97 Å². The Labute approximate surface area is 208 Å². The molecule has 0 saturated carbocycles. The number of hydrogen-bond donors (Lipinski definition) is 2. The van der Waals surface area contributed by atoms with Gasteiger partial charge in [-0.05, 0) is 49.8 Å². The summed E-state index contributed by atoms with van der Waals surface area (Å²) in [6, 6.07) is 5.82. The second-order valence-corrected chi connectivity index (χ2v) is 10.8. The number of benzene rings is 1. The molecule has 3 rings (SSSR count). The summed E-state index contributed by atoms with van der Waals surface area (Å²) < 4.78 is 7.80. The number of aliphatic hydroxyl groups excluding tert-OH is 2. The first-order valence-electron chi connectivity index (χ1n) is 12.6. The molecular weight excluding hydrogens is 444 g/mol. The van der Waals surface area contributed by atoms with E-state index >= 15 is 0 Å². The third kappa shape index (κ3) is 6.19. The number of hydrogen-bond acceptors (Lipinski definition) is 6. The first kappa shape index (κ1) is 27.1. The Hall–Kier alpha value is -2.51. The van der Waals surface area contributed by atoms with Crippen molar-refractivity contribution in [2.45, 2.75) is 85.0 Å². The first-order valence-corrected chi connectivity index (χ1v) is 12.6. The number of rotatable bonds is 1. The monoisotopic (exact) mass is 484 g/mol. The molecule has 2 N–H and O–H groups in total. The maximum absolute atomic E-state index is 13.2. The first-order chi connectivity index (χ1) is 16.4. The minimum Gasteiger partial charge on any atom is -0.457 e. The van der Waals surface area contributed by atoms with Crippen molar-refractivity contribution in [3.63, 3.8) is 0 Å². The Morgan fingerprint density at radius 2 is 1.89 bits per heavy atom. The Kier molecular flexibility index (Phi) is 8.54. The lowest BCUT2D eigenvalue weighted by atomic mass is 9.73. The summed E-state index contributed by atoms with van der Waals surface area (Å²) in [6.07, 6.45) is 4.06. The molecule has 2 aromatic rings. The Bertz CT molecular complexity index is 1090. The van der Waals surface area contributed by atoms with E-state index in [0.717, 1.165) is 35.9 Å². The summed E-state index contributed by atoms with van der Waals surface area (Å²) in [5.41, 5.74) is 2.65. The van der Waals surface area contributed by atoms with E-state index in [1.54, 1.807) is 27.1 Å². The predicted octanol–water partition coefficient (Wildman–Crippen LogP) is 4.66. The molecule has 3 unspecified atom stereocenters. The van der Waals surface area contributed by atoms with Crippen LogP contribution < -0.4 is 0 Å². The van der Waals surface area contributed by atoms with Crippen LogP contribution in [0, 0.1) is 17.3 Å². The van der Waals surface area contributed by atoms with Crippen LogP contribution in [0.1, 0.15) is 78.4 Å². The van der Waals surface area contributed by atoms with Crippen molar-refractivity contribution < 1.29 is 24.5 Å². The number of esters is 1. The van der Waals surface area contributed by atoms with E-state index in [1.165, 1.54) is 5.57 Å². The van der Waals surface area contributed by atoms with Crippen molar-refractivity contribution in [2.75, 3.05) is 0 Å². The SMILES string of the molecule is CC1=CC[C@@H](c2ccc3ncn(C)c3c2)OC(=O)CC(O)C(C)(C)C(=O)C(C)[C@@H](O)C(C)CCC1. The van der Waals surface area contributed by atoms with Gasteiger partial charge in [-0.3, -0.25) is 9.59 Å². The van der Waals surface area contributed by atoms with Crippen LogP contribution >= 0.6 is 0 Å². The lowest BCUT2D eigenvalue weighted by molar-refractivity contribution is -0.155. The quantitative estimate of drug-likeness (QED) is 0.451. The summed E-state index contributed by atoms with van der Waals surface area (Å²) >= 11 is 0. The minimum absolute atomic E-state index is 0.0501. The van der Waals surface area contributed by atoms with Gasteiger partial charge in [0.25, 0.3) is 0 Å². The molecule has 5 atom stereocenters. The molecule has 0 saturated heterocycles. The molecular formula is C28H40N2O5. The number of cyclic esters (lactones) is 1.